The second-order valence-corrected chi connectivity index (χ2v) is 5.96. The van der Waals surface area contributed by atoms with Gasteiger partial charge in [-0.05, 0) is 29.8 Å². The van der Waals surface area contributed by atoms with Gasteiger partial charge in [-0.25, -0.2) is 0 Å². The minimum Gasteiger partial charge on any atom is -0.388 e. The maximum atomic E-state index is 11.8. The molecule has 1 aliphatic rings. The lowest BCUT2D eigenvalue weighted by Crippen LogP contribution is -2.46. The number of hydrogen-bond acceptors (Lipinski definition) is 3. The first-order valence-corrected chi connectivity index (χ1v) is 7.45. The highest BCUT2D eigenvalue weighted by molar-refractivity contribution is 6.34. The summed E-state index contributed by atoms with van der Waals surface area (Å²) in [5.41, 5.74) is -0.131. The van der Waals surface area contributed by atoms with Gasteiger partial charge < -0.3 is 15.2 Å². The Morgan fingerprint density at radius 3 is 2.52 bits per heavy atom. The highest BCUT2D eigenvalue weighted by Crippen LogP contribution is 2.20. The van der Waals surface area contributed by atoms with E-state index in [1.54, 1.807) is 24.3 Å². The molecular weight excluding hydrogens is 313 g/mol. The second kappa shape index (κ2) is 7.27. The SMILES string of the molecule is O=C(/C=C/c1cc(Cl)cc(Cl)c1)NCC1(O)CCOCC1. The summed E-state index contributed by atoms with van der Waals surface area (Å²) in [5.74, 6) is -0.272. The molecule has 1 fully saturated rings. The third kappa shape index (κ3) is 5.32. The first-order chi connectivity index (χ1) is 9.97. The molecule has 0 aliphatic carbocycles. The van der Waals surface area contributed by atoms with Gasteiger partial charge in [-0.2, -0.15) is 0 Å². The van der Waals surface area contributed by atoms with E-state index in [0.29, 0.717) is 36.1 Å². The van der Waals surface area contributed by atoms with E-state index in [1.807, 2.05) is 0 Å². The fourth-order valence-electron chi connectivity index (χ4n) is 2.08. The predicted molar refractivity (Wildman–Crippen MR) is 83.5 cm³/mol. The molecule has 21 heavy (non-hydrogen) atoms. The fraction of sp³-hybridized carbons (Fsp3) is 0.400. The van der Waals surface area contributed by atoms with Crippen LogP contribution < -0.4 is 5.32 Å². The topological polar surface area (TPSA) is 58.6 Å². The molecule has 1 aliphatic heterocycles. The highest BCUT2D eigenvalue weighted by atomic mass is 35.5. The van der Waals surface area contributed by atoms with E-state index in [4.69, 9.17) is 27.9 Å². The number of ether oxygens (including phenoxy) is 1. The number of aliphatic hydroxyl groups is 1. The number of halogens is 2. The van der Waals surface area contributed by atoms with Crippen molar-refractivity contribution in [2.24, 2.45) is 0 Å². The van der Waals surface area contributed by atoms with Crippen molar-refractivity contribution in [3.63, 3.8) is 0 Å². The van der Waals surface area contributed by atoms with Gasteiger partial charge in [-0.15, -0.1) is 0 Å². The molecule has 4 nitrogen and oxygen atoms in total. The maximum absolute atomic E-state index is 11.8. The summed E-state index contributed by atoms with van der Waals surface area (Å²) < 4.78 is 5.19. The summed E-state index contributed by atoms with van der Waals surface area (Å²) in [6, 6.07) is 5.05. The minimum atomic E-state index is -0.874. The van der Waals surface area contributed by atoms with Crippen LogP contribution in [0.5, 0.6) is 0 Å². The Kier molecular flexibility index (Phi) is 5.65. The Hall–Kier alpha value is -1.07. The van der Waals surface area contributed by atoms with E-state index < -0.39 is 5.60 Å². The number of rotatable bonds is 4. The molecule has 2 rings (SSSR count). The molecule has 1 aromatic carbocycles. The zero-order chi connectivity index (χ0) is 15.3. The molecule has 0 saturated carbocycles. The molecule has 1 heterocycles. The van der Waals surface area contributed by atoms with E-state index >= 15 is 0 Å². The molecule has 0 radical (unpaired) electrons. The predicted octanol–water partition coefficient (Wildman–Crippen LogP) is 2.66. The average molecular weight is 330 g/mol. The first-order valence-electron chi connectivity index (χ1n) is 6.69. The van der Waals surface area contributed by atoms with E-state index in [-0.39, 0.29) is 12.5 Å². The zero-order valence-corrected chi connectivity index (χ0v) is 13.0. The number of nitrogens with one attached hydrogen (secondary N) is 1. The summed E-state index contributed by atoms with van der Waals surface area (Å²) in [5, 5.41) is 13.9. The van der Waals surface area contributed by atoms with Gasteiger partial charge >= 0.3 is 0 Å². The van der Waals surface area contributed by atoms with Gasteiger partial charge in [-0.1, -0.05) is 23.2 Å². The van der Waals surface area contributed by atoms with Crippen molar-refractivity contribution in [1.82, 2.24) is 5.32 Å². The molecule has 1 saturated heterocycles. The third-order valence-electron chi connectivity index (χ3n) is 3.33. The van der Waals surface area contributed by atoms with Crippen molar-refractivity contribution in [2.75, 3.05) is 19.8 Å². The quantitative estimate of drug-likeness (QED) is 0.835. The number of hydrogen-bond donors (Lipinski definition) is 2. The Labute approximate surface area is 133 Å². The monoisotopic (exact) mass is 329 g/mol. The molecule has 0 bridgehead atoms. The highest BCUT2D eigenvalue weighted by Gasteiger charge is 2.29. The van der Waals surface area contributed by atoms with E-state index in [9.17, 15) is 9.90 Å². The number of carbonyl (C=O) groups excluding carboxylic acids is 1. The smallest absolute Gasteiger partial charge is 0.244 e. The van der Waals surface area contributed by atoms with Gasteiger partial charge in [0.25, 0.3) is 0 Å². The van der Waals surface area contributed by atoms with Crippen LogP contribution in [-0.2, 0) is 9.53 Å². The molecule has 1 aromatic rings. The van der Waals surface area contributed by atoms with Crippen LogP contribution in [0.25, 0.3) is 6.08 Å². The number of amides is 1. The third-order valence-corrected chi connectivity index (χ3v) is 3.76. The molecule has 2 N–H and O–H groups in total. The lowest BCUT2D eigenvalue weighted by atomic mass is 9.94. The van der Waals surface area contributed by atoms with E-state index in [0.717, 1.165) is 5.56 Å². The Bertz CT molecular complexity index is 519. The van der Waals surface area contributed by atoms with Crippen molar-refractivity contribution in [1.29, 1.82) is 0 Å². The summed E-state index contributed by atoms with van der Waals surface area (Å²) in [7, 11) is 0. The van der Waals surface area contributed by atoms with Gasteiger partial charge in [0.05, 0.1) is 5.60 Å². The lowest BCUT2D eigenvalue weighted by molar-refractivity contribution is -0.119. The zero-order valence-electron chi connectivity index (χ0n) is 11.4. The van der Waals surface area contributed by atoms with Gasteiger partial charge in [0.15, 0.2) is 0 Å². The van der Waals surface area contributed by atoms with Crippen LogP contribution in [-0.4, -0.2) is 36.4 Å². The van der Waals surface area contributed by atoms with Crippen LogP contribution >= 0.6 is 23.2 Å². The lowest BCUT2D eigenvalue weighted by Gasteiger charge is -2.31. The summed E-state index contributed by atoms with van der Waals surface area (Å²) in [6.07, 6.45) is 4.08. The van der Waals surface area contributed by atoms with Crippen LogP contribution in [0.15, 0.2) is 24.3 Å². The Morgan fingerprint density at radius 1 is 1.29 bits per heavy atom. The minimum absolute atomic E-state index is 0.218. The number of benzene rings is 1. The molecule has 0 atom stereocenters. The fourth-order valence-corrected chi connectivity index (χ4v) is 2.62. The average Bonchev–Trinajstić information content (AvgIpc) is 2.43. The largest absolute Gasteiger partial charge is 0.388 e. The molecule has 6 heteroatoms. The molecule has 114 valence electrons. The van der Waals surface area contributed by atoms with Crippen molar-refractivity contribution < 1.29 is 14.6 Å². The van der Waals surface area contributed by atoms with Crippen molar-refractivity contribution in [2.45, 2.75) is 18.4 Å². The standard InChI is InChI=1S/C15H17Cl2NO3/c16-12-7-11(8-13(17)9-12)1-2-14(19)18-10-15(20)3-5-21-6-4-15/h1-2,7-9,20H,3-6,10H2,(H,18,19)/b2-1+. The first kappa shape index (κ1) is 16.3. The second-order valence-electron chi connectivity index (χ2n) is 5.09. The van der Waals surface area contributed by atoms with Gasteiger partial charge in [0.2, 0.25) is 5.91 Å². The van der Waals surface area contributed by atoms with Crippen LogP contribution in [0.3, 0.4) is 0 Å². The molecule has 0 unspecified atom stereocenters. The van der Waals surface area contributed by atoms with Gasteiger partial charge in [0.1, 0.15) is 0 Å². The van der Waals surface area contributed by atoms with E-state index in [2.05, 4.69) is 5.32 Å². The van der Waals surface area contributed by atoms with Crippen LogP contribution in [0, 0.1) is 0 Å². The maximum Gasteiger partial charge on any atom is 0.244 e. The van der Waals surface area contributed by atoms with Gasteiger partial charge in [-0.3, -0.25) is 4.79 Å². The summed E-state index contributed by atoms with van der Waals surface area (Å²) in [6.45, 7) is 1.25. The molecule has 0 aromatic heterocycles. The van der Waals surface area contributed by atoms with Crippen molar-refractivity contribution in [3.8, 4) is 0 Å². The van der Waals surface area contributed by atoms with E-state index in [1.165, 1.54) is 6.08 Å². The van der Waals surface area contributed by atoms with Gasteiger partial charge in [0, 0.05) is 48.7 Å². The summed E-state index contributed by atoms with van der Waals surface area (Å²) >= 11 is 11.8. The Morgan fingerprint density at radius 2 is 1.90 bits per heavy atom. The Balaban J connectivity index is 1.87. The molecule has 1 amide bonds. The van der Waals surface area contributed by atoms with Crippen molar-refractivity contribution >= 4 is 35.2 Å². The van der Waals surface area contributed by atoms with Crippen LogP contribution in [0.4, 0.5) is 0 Å². The molecular formula is C15H17Cl2NO3. The van der Waals surface area contributed by atoms with Crippen LogP contribution in [0.2, 0.25) is 10.0 Å². The van der Waals surface area contributed by atoms with Crippen LogP contribution in [0.1, 0.15) is 18.4 Å². The molecule has 0 spiro atoms. The summed E-state index contributed by atoms with van der Waals surface area (Å²) in [4.78, 5) is 11.8. The number of carbonyl (C=O) groups is 1. The normalized spacial score (nSPS) is 17.9. The van der Waals surface area contributed by atoms with Crippen molar-refractivity contribution in [3.05, 3.63) is 39.9 Å².